The van der Waals surface area contributed by atoms with Gasteiger partial charge < -0.3 is 19.5 Å². The summed E-state index contributed by atoms with van der Waals surface area (Å²) in [7, 11) is 0. The van der Waals surface area contributed by atoms with Gasteiger partial charge in [0.15, 0.2) is 11.5 Å². The highest BCUT2D eigenvalue weighted by Gasteiger charge is 2.27. The first-order valence-corrected chi connectivity index (χ1v) is 7.50. The third-order valence-electron chi connectivity index (χ3n) is 3.84. The van der Waals surface area contributed by atoms with Crippen LogP contribution in [0.1, 0.15) is 28.8 Å². The second-order valence-corrected chi connectivity index (χ2v) is 5.38. The standard InChI is InChI=1S/C19H20FNO3/c20-15-3-1-13(2-4-15)17-7-8-21-10-14(17)11-22-16-5-6-18-19(9-16)24-12-23-18/h1-6,9,14,17,21H,7-8,10-12H2/t14-,17?/m1/s1/i1D,2D,3D,4D,12D2,14D,17D. The van der Waals surface area contributed by atoms with Crippen LogP contribution < -0.4 is 19.5 Å². The van der Waals surface area contributed by atoms with Gasteiger partial charge in [-0.15, -0.1) is 0 Å². The van der Waals surface area contributed by atoms with Gasteiger partial charge in [0.25, 0.3) is 0 Å². The molecule has 4 nitrogen and oxygen atoms in total. The zero-order valence-electron chi connectivity index (χ0n) is 20.7. The maximum absolute atomic E-state index is 14.0. The summed E-state index contributed by atoms with van der Waals surface area (Å²) in [4.78, 5) is 0. The second-order valence-electron chi connectivity index (χ2n) is 5.38. The zero-order chi connectivity index (χ0) is 23.5. The fourth-order valence-corrected chi connectivity index (χ4v) is 2.65. The van der Waals surface area contributed by atoms with Gasteiger partial charge in [0.1, 0.15) is 14.3 Å². The SMILES string of the molecule is [2H]c1c([2H])c(C2([2H])CCNC[C@]2([2H])COc2ccc3c(c2)OC([2H])([2H])O3)c([2H])c([2H])c1F. The molecular weight excluding hydrogens is 309 g/mol. The highest BCUT2D eigenvalue weighted by Crippen LogP contribution is 2.36. The Labute approximate surface area is 151 Å². The third kappa shape index (κ3) is 3.17. The average molecular weight is 337 g/mol. The van der Waals surface area contributed by atoms with Gasteiger partial charge in [-0.3, -0.25) is 0 Å². The summed E-state index contributed by atoms with van der Waals surface area (Å²) in [5.74, 6) is -4.44. The van der Waals surface area contributed by atoms with Crippen LogP contribution in [0.2, 0.25) is 0 Å². The van der Waals surface area contributed by atoms with E-state index in [0.717, 1.165) is 0 Å². The Bertz CT molecular complexity index is 1060. The smallest absolute Gasteiger partial charge is 0.231 e. The van der Waals surface area contributed by atoms with E-state index < -0.39 is 48.5 Å². The van der Waals surface area contributed by atoms with Crippen molar-refractivity contribution < 1.29 is 29.6 Å². The van der Waals surface area contributed by atoms with E-state index in [1.807, 2.05) is 0 Å². The van der Waals surface area contributed by atoms with Crippen molar-refractivity contribution in [1.82, 2.24) is 5.32 Å². The first-order valence-electron chi connectivity index (χ1n) is 11.5. The van der Waals surface area contributed by atoms with Crippen molar-refractivity contribution in [3.63, 3.8) is 0 Å². The monoisotopic (exact) mass is 337 g/mol. The molecule has 126 valence electrons. The normalized spacial score (nSPS) is 35.4. The van der Waals surface area contributed by atoms with Crippen molar-refractivity contribution in [2.45, 2.75) is 12.3 Å². The summed E-state index contributed by atoms with van der Waals surface area (Å²) < 4.78 is 94.8. The molecule has 5 heteroatoms. The second kappa shape index (κ2) is 6.69. The number of nitrogens with one attached hydrogen (secondary N) is 1. The van der Waals surface area contributed by atoms with Crippen LogP contribution in [0.15, 0.2) is 42.4 Å². The zero-order valence-corrected chi connectivity index (χ0v) is 12.7. The van der Waals surface area contributed by atoms with E-state index in [-0.39, 0.29) is 42.4 Å². The average Bonchev–Trinajstić information content (AvgIpc) is 3.05. The van der Waals surface area contributed by atoms with Crippen molar-refractivity contribution in [1.29, 1.82) is 0 Å². The number of piperidine rings is 1. The van der Waals surface area contributed by atoms with E-state index in [1.54, 1.807) is 0 Å². The summed E-state index contributed by atoms with van der Waals surface area (Å²) in [6.45, 7) is -2.42. The Balaban J connectivity index is 1.67. The van der Waals surface area contributed by atoms with E-state index in [2.05, 4.69) is 5.32 Å². The van der Waals surface area contributed by atoms with E-state index >= 15 is 0 Å². The van der Waals surface area contributed by atoms with E-state index in [4.69, 9.17) is 25.2 Å². The van der Waals surface area contributed by atoms with Crippen LogP contribution in [0.4, 0.5) is 4.39 Å². The van der Waals surface area contributed by atoms with Gasteiger partial charge in [0.2, 0.25) is 6.75 Å². The molecule has 2 aliphatic rings. The number of fused-ring (bicyclic) bond motifs is 1. The van der Waals surface area contributed by atoms with Crippen LogP contribution in [0.5, 0.6) is 17.2 Å². The molecule has 2 aliphatic heterocycles. The molecule has 1 unspecified atom stereocenters. The quantitative estimate of drug-likeness (QED) is 0.929. The maximum Gasteiger partial charge on any atom is 0.231 e. The van der Waals surface area contributed by atoms with Crippen LogP contribution >= 0.6 is 0 Å². The Morgan fingerprint density at radius 2 is 2.12 bits per heavy atom. The predicted octanol–water partition coefficient (Wildman–Crippen LogP) is 3.33. The van der Waals surface area contributed by atoms with Gasteiger partial charge in [-0.05, 0) is 48.6 Å². The summed E-state index contributed by atoms with van der Waals surface area (Å²) in [6, 6.07) is 1.21. The molecule has 1 saturated heterocycles. The number of halogens is 1. The molecule has 2 aromatic rings. The van der Waals surface area contributed by atoms with Gasteiger partial charge >= 0.3 is 0 Å². The van der Waals surface area contributed by atoms with Crippen molar-refractivity contribution in [3.8, 4) is 17.2 Å². The lowest BCUT2D eigenvalue weighted by Gasteiger charge is -2.32. The Hall–Kier alpha value is -2.27. The van der Waals surface area contributed by atoms with Gasteiger partial charge in [0, 0.05) is 21.2 Å². The molecule has 2 heterocycles. The van der Waals surface area contributed by atoms with Gasteiger partial charge in [-0.1, -0.05) is 12.1 Å². The van der Waals surface area contributed by atoms with Crippen molar-refractivity contribution in [3.05, 3.63) is 53.7 Å². The van der Waals surface area contributed by atoms with Crippen molar-refractivity contribution in [2.75, 3.05) is 26.4 Å². The summed E-state index contributed by atoms with van der Waals surface area (Å²) in [5.41, 5.74) is -0.340. The number of hydrogen-bond acceptors (Lipinski definition) is 4. The third-order valence-corrected chi connectivity index (χ3v) is 3.84. The molecule has 1 N–H and O–H groups in total. The van der Waals surface area contributed by atoms with E-state index in [9.17, 15) is 4.39 Å². The van der Waals surface area contributed by atoms with Crippen LogP contribution in [-0.2, 0) is 0 Å². The fraction of sp³-hybridized carbons (Fsp3) is 0.368. The first kappa shape index (κ1) is 8.72. The largest absolute Gasteiger partial charge is 0.493 e. The molecule has 0 aliphatic carbocycles. The molecule has 1 fully saturated rings. The van der Waals surface area contributed by atoms with Crippen molar-refractivity contribution in [2.24, 2.45) is 5.89 Å². The topological polar surface area (TPSA) is 39.7 Å². The summed E-state index contributed by atoms with van der Waals surface area (Å²) in [6.07, 6.45) is -0.0104. The molecule has 24 heavy (non-hydrogen) atoms. The Kier molecular flexibility index (Phi) is 2.43. The molecule has 4 rings (SSSR count). The lowest BCUT2D eigenvalue weighted by molar-refractivity contribution is 0.173. The molecular formula is C19H20FNO3. The number of rotatable bonds is 4. The lowest BCUT2D eigenvalue weighted by Crippen LogP contribution is -2.38. The highest BCUT2D eigenvalue weighted by atomic mass is 19.1. The Morgan fingerprint density at radius 1 is 1.29 bits per heavy atom. The maximum atomic E-state index is 14.0. The first-order chi connectivity index (χ1) is 14.9. The number of hydrogen-bond donors (Lipinski definition) is 1. The van der Waals surface area contributed by atoms with Crippen LogP contribution in [0.3, 0.4) is 0 Å². The van der Waals surface area contributed by atoms with E-state index in [0.29, 0.717) is 6.54 Å². The summed E-state index contributed by atoms with van der Waals surface area (Å²) in [5, 5.41) is 3.00. The molecule has 0 saturated carbocycles. The van der Waals surface area contributed by atoms with Crippen LogP contribution in [0.25, 0.3) is 0 Å². The molecule has 0 radical (unpaired) electrons. The Morgan fingerprint density at radius 3 is 3.00 bits per heavy atom. The summed E-state index contributed by atoms with van der Waals surface area (Å²) >= 11 is 0. The fourth-order valence-electron chi connectivity index (χ4n) is 2.65. The highest BCUT2D eigenvalue weighted by molar-refractivity contribution is 5.46. The number of ether oxygens (including phenoxy) is 3. The lowest BCUT2D eigenvalue weighted by atomic mass is 9.81. The van der Waals surface area contributed by atoms with Gasteiger partial charge in [0.05, 0.1) is 12.1 Å². The predicted molar refractivity (Wildman–Crippen MR) is 88.2 cm³/mol. The van der Waals surface area contributed by atoms with Gasteiger partial charge in [-0.2, -0.15) is 0 Å². The molecule has 2 atom stereocenters. The van der Waals surface area contributed by atoms with Gasteiger partial charge in [-0.25, -0.2) is 4.39 Å². The van der Waals surface area contributed by atoms with Crippen molar-refractivity contribution >= 4 is 0 Å². The minimum atomic E-state index is -2.30. The molecule has 0 bridgehead atoms. The number of benzene rings is 2. The molecule has 0 aromatic heterocycles. The molecule has 0 spiro atoms. The molecule has 0 amide bonds. The van der Waals surface area contributed by atoms with Crippen LogP contribution in [0, 0.1) is 11.7 Å². The minimum Gasteiger partial charge on any atom is -0.493 e. The minimum absolute atomic E-state index is 0.0104. The van der Waals surface area contributed by atoms with Crippen LogP contribution in [-0.4, -0.2) is 26.4 Å². The van der Waals surface area contributed by atoms with E-state index in [1.165, 1.54) is 18.2 Å². The molecule has 2 aromatic carbocycles.